The second-order valence-corrected chi connectivity index (χ2v) is 5.39. The Morgan fingerprint density at radius 2 is 2.32 bits per heavy atom. The van der Waals surface area contributed by atoms with Crippen molar-refractivity contribution < 1.29 is 14.3 Å². The van der Waals surface area contributed by atoms with Crippen molar-refractivity contribution in [3.8, 4) is 0 Å². The Morgan fingerprint density at radius 3 is 3.00 bits per heavy atom. The largest absolute Gasteiger partial charge is 0.465 e. The number of aromatic nitrogens is 3. The summed E-state index contributed by atoms with van der Waals surface area (Å²) >= 11 is 1.60. The Hall–Kier alpha value is -2.88. The number of rotatable bonds is 4. The molecule has 114 valence electrons. The minimum atomic E-state index is -1.19. The number of carboxylic acid groups (broad SMARTS) is 1. The maximum Gasteiger partial charge on any atom is 0.415 e. The number of nitrogens with one attached hydrogen (secondary N) is 1. The fourth-order valence-corrected chi connectivity index (χ4v) is 2.40. The summed E-state index contributed by atoms with van der Waals surface area (Å²) in [5, 5.41) is 14.0. The lowest BCUT2D eigenvalue weighted by Gasteiger charge is -2.05. The smallest absolute Gasteiger partial charge is 0.415 e. The van der Waals surface area contributed by atoms with E-state index >= 15 is 0 Å². The van der Waals surface area contributed by atoms with Crippen LogP contribution in [0.2, 0.25) is 0 Å². The van der Waals surface area contributed by atoms with Gasteiger partial charge in [0.05, 0.1) is 6.54 Å². The monoisotopic (exact) mass is 320 g/mol. The van der Waals surface area contributed by atoms with Crippen LogP contribution in [0.4, 0.5) is 22.6 Å². The van der Waals surface area contributed by atoms with Crippen molar-refractivity contribution in [1.82, 2.24) is 15.0 Å². The molecule has 3 aromatic rings. The summed E-state index contributed by atoms with van der Waals surface area (Å²) < 4.78 is 5.32. The van der Waals surface area contributed by atoms with E-state index in [9.17, 15) is 4.79 Å². The molecule has 0 radical (unpaired) electrons. The molecule has 4 N–H and O–H groups in total. The Kier molecular flexibility index (Phi) is 3.51. The van der Waals surface area contributed by atoms with Crippen molar-refractivity contribution in [2.24, 2.45) is 0 Å². The average Bonchev–Trinajstić information content (AvgIpc) is 3.12. The molecule has 0 saturated carbocycles. The summed E-state index contributed by atoms with van der Waals surface area (Å²) in [6, 6.07) is 3.83. The molecule has 0 aliphatic rings. The van der Waals surface area contributed by atoms with E-state index in [2.05, 4.69) is 20.3 Å². The molecule has 0 bridgehead atoms. The SMILES string of the molecule is CN(C(=O)O)c1nc2c(NCc3cccs3)nc(N)nc2o1. The van der Waals surface area contributed by atoms with Gasteiger partial charge in [0.15, 0.2) is 11.3 Å². The maximum absolute atomic E-state index is 11.0. The van der Waals surface area contributed by atoms with Gasteiger partial charge >= 0.3 is 12.1 Å². The third-order valence-corrected chi connectivity index (χ3v) is 3.73. The molecule has 22 heavy (non-hydrogen) atoms. The minimum absolute atomic E-state index is 0.0156. The third kappa shape index (κ3) is 2.63. The molecule has 0 fully saturated rings. The average molecular weight is 320 g/mol. The summed E-state index contributed by atoms with van der Waals surface area (Å²) in [7, 11) is 1.32. The van der Waals surface area contributed by atoms with Gasteiger partial charge in [-0.25, -0.2) is 9.69 Å². The highest BCUT2D eigenvalue weighted by atomic mass is 32.1. The topological polar surface area (TPSA) is 130 Å². The molecule has 0 aliphatic heterocycles. The van der Waals surface area contributed by atoms with Gasteiger partial charge in [-0.1, -0.05) is 6.07 Å². The Morgan fingerprint density at radius 1 is 1.50 bits per heavy atom. The predicted molar refractivity (Wildman–Crippen MR) is 82.1 cm³/mol. The zero-order valence-corrected chi connectivity index (χ0v) is 12.3. The Bertz CT molecular complexity index is 816. The molecular weight excluding hydrogens is 308 g/mol. The van der Waals surface area contributed by atoms with Gasteiger partial charge in [0.25, 0.3) is 5.71 Å². The van der Waals surface area contributed by atoms with E-state index in [1.807, 2.05) is 17.5 Å². The van der Waals surface area contributed by atoms with Gasteiger partial charge in [0, 0.05) is 11.9 Å². The first-order chi connectivity index (χ1) is 10.5. The van der Waals surface area contributed by atoms with Crippen molar-refractivity contribution in [1.29, 1.82) is 0 Å². The van der Waals surface area contributed by atoms with Crippen molar-refractivity contribution in [3.05, 3.63) is 22.4 Å². The quantitative estimate of drug-likeness (QED) is 0.665. The lowest BCUT2D eigenvalue weighted by molar-refractivity contribution is 0.202. The van der Waals surface area contributed by atoms with Crippen LogP contribution >= 0.6 is 11.3 Å². The van der Waals surface area contributed by atoms with E-state index < -0.39 is 6.09 Å². The highest BCUT2D eigenvalue weighted by Gasteiger charge is 2.19. The fourth-order valence-electron chi connectivity index (χ4n) is 1.76. The first kappa shape index (κ1) is 14.1. The number of nitrogens with zero attached hydrogens (tertiary/aromatic N) is 4. The molecule has 0 aromatic carbocycles. The number of fused-ring (bicyclic) bond motifs is 1. The van der Waals surface area contributed by atoms with Crippen molar-refractivity contribution in [2.45, 2.75) is 6.54 Å². The van der Waals surface area contributed by atoms with Gasteiger partial charge in [-0.15, -0.1) is 11.3 Å². The second kappa shape index (κ2) is 5.48. The standard InChI is InChI=1S/C12H12N6O3S/c1-18(12(19)20)11-15-7-8(14-5-6-3-2-4-22-6)16-10(13)17-9(7)21-11/h2-4H,5H2,1H3,(H,19,20)(H3,13,14,16,17). The number of amides is 1. The molecule has 0 unspecified atom stereocenters. The van der Waals surface area contributed by atoms with Crippen LogP contribution < -0.4 is 16.0 Å². The van der Waals surface area contributed by atoms with E-state index in [-0.39, 0.29) is 17.7 Å². The summed E-state index contributed by atoms with van der Waals surface area (Å²) in [4.78, 5) is 25.0. The number of hydrogen-bond acceptors (Lipinski definition) is 8. The molecule has 0 spiro atoms. The zero-order chi connectivity index (χ0) is 15.7. The second-order valence-electron chi connectivity index (χ2n) is 4.36. The van der Waals surface area contributed by atoms with Crippen LogP contribution in [-0.2, 0) is 6.54 Å². The van der Waals surface area contributed by atoms with Crippen LogP contribution in [0.3, 0.4) is 0 Å². The number of nitrogens with two attached hydrogens (primary N) is 1. The van der Waals surface area contributed by atoms with E-state index in [0.717, 1.165) is 9.78 Å². The first-order valence-electron chi connectivity index (χ1n) is 6.21. The number of anilines is 3. The van der Waals surface area contributed by atoms with Gasteiger partial charge in [-0.05, 0) is 11.4 Å². The minimum Gasteiger partial charge on any atom is -0.465 e. The maximum atomic E-state index is 11.0. The number of hydrogen-bond donors (Lipinski definition) is 3. The van der Waals surface area contributed by atoms with Crippen LogP contribution in [0.1, 0.15) is 4.88 Å². The number of nitrogen functional groups attached to an aromatic ring is 1. The predicted octanol–water partition coefficient (Wildman–Crippen LogP) is 1.99. The van der Waals surface area contributed by atoms with Crippen LogP contribution in [-0.4, -0.2) is 33.2 Å². The summed E-state index contributed by atoms with van der Waals surface area (Å²) in [5.41, 5.74) is 6.10. The van der Waals surface area contributed by atoms with Crippen molar-refractivity contribution >= 4 is 46.4 Å². The number of oxazole rings is 1. The summed E-state index contributed by atoms with van der Waals surface area (Å²) in [5.74, 6) is 0.409. The molecule has 3 rings (SSSR count). The van der Waals surface area contributed by atoms with E-state index in [1.54, 1.807) is 11.3 Å². The zero-order valence-electron chi connectivity index (χ0n) is 11.5. The van der Waals surface area contributed by atoms with Gasteiger partial charge < -0.3 is 20.6 Å². The lowest BCUT2D eigenvalue weighted by Crippen LogP contribution is -2.23. The van der Waals surface area contributed by atoms with Crippen LogP contribution in [0.15, 0.2) is 21.9 Å². The molecule has 3 heterocycles. The molecule has 10 heteroatoms. The van der Waals surface area contributed by atoms with Crippen molar-refractivity contribution in [2.75, 3.05) is 23.0 Å². The molecule has 0 saturated heterocycles. The highest BCUT2D eigenvalue weighted by Crippen LogP contribution is 2.26. The van der Waals surface area contributed by atoms with Crippen molar-refractivity contribution in [3.63, 3.8) is 0 Å². The third-order valence-electron chi connectivity index (χ3n) is 2.85. The lowest BCUT2D eigenvalue weighted by atomic mass is 10.4. The first-order valence-corrected chi connectivity index (χ1v) is 7.09. The molecule has 0 atom stereocenters. The molecular formula is C12H12N6O3S. The molecule has 0 aliphatic carbocycles. The Balaban J connectivity index is 1.96. The van der Waals surface area contributed by atoms with E-state index in [1.165, 1.54) is 7.05 Å². The molecule has 9 nitrogen and oxygen atoms in total. The van der Waals surface area contributed by atoms with Gasteiger partial charge in [-0.3, -0.25) is 0 Å². The van der Waals surface area contributed by atoms with Crippen LogP contribution in [0.5, 0.6) is 0 Å². The summed E-state index contributed by atoms with van der Waals surface area (Å²) in [6.07, 6.45) is -1.19. The number of thiophene rings is 1. The fraction of sp³-hybridized carbons (Fsp3) is 0.167. The van der Waals surface area contributed by atoms with Gasteiger partial charge in [-0.2, -0.15) is 15.0 Å². The molecule has 1 amide bonds. The van der Waals surface area contributed by atoms with Crippen LogP contribution in [0, 0.1) is 0 Å². The molecule has 3 aromatic heterocycles. The van der Waals surface area contributed by atoms with Gasteiger partial charge in [0.1, 0.15) is 0 Å². The van der Waals surface area contributed by atoms with Crippen LogP contribution in [0.25, 0.3) is 11.2 Å². The Labute approximate surface area is 128 Å². The summed E-state index contributed by atoms with van der Waals surface area (Å²) in [6.45, 7) is 0.542. The normalized spacial score (nSPS) is 10.8. The van der Waals surface area contributed by atoms with Gasteiger partial charge in [0.2, 0.25) is 5.95 Å². The highest BCUT2D eigenvalue weighted by molar-refractivity contribution is 7.09. The van der Waals surface area contributed by atoms with E-state index in [0.29, 0.717) is 17.9 Å². The number of carbonyl (C=O) groups is 1. The van der Waals surface area contributed by atoms with E-state index in [4.69, 9.17) is 15.3 Å².